The van der Waals surface area contributed by atoms with Crippen LogP contribution in [0.15, 0.2) is 42.6 Å². The number of hydrogen-bond donors (Lipinski definition) is 1. The monoisotopic (exact) mass is 218 g/mol. The minimum Gasteiger partial charge on any atom is -0.358 e. The van der Waals surface area contributed by atoms with Gasteiger partial charge in [0, 0.05) is 19.3 Å². The van der Waals surface area contributed by atoms with Crippen LogP contribution in [0.25, 0.3) is 0 Å². The molecule has 1 aliphatic rings. The van der Waals surface area contributed by atoms with Crippen molar-refractivity contribution in [2.45, 2.75) is 13.0 Å². The van der Waals surface area contributed by atoms with E-state index in [1.807, 2.05) is 24.4 Å². The van der Waals surface area contributed by atoms with Crippen LogP contribution >= 0.6 is 12.2 Å². The largest absolute Gasteiger partial charge is 0.358 e. The smallest absolute Gasteiger partial charge is 0.173 e. The summed E-state index contributed by atoms with van der Waals surface area (Å²) in [4.78, 5) is 2.07. The van der Waals surface area contributed by atoms with Gasteiger partial charge in [-0.25, -0.2) is 0 Å². The molecule has 15 heavy (non-hydrogen) atoms. The first-order valence-electron chi connectivity index (χ1n) is 5.11. The van der Waals surface area contributed by atoms with E-state index in [-0.39, 0.29) is 0 Å². The summed E-state index contributed by atoms with van der Waals surface area (Å²) >= 11 is 5.28. The zero-order chi connectivity index (χ0) is 10.5. The predicted octanol–water partition coefficient (Wildman–Crippen LogP) is 2.28. The van der Waals surface area contributed by atoms with Gasteiger partial charge in [0.15, 0.2) is 5.11 Å². The number of hydrogen-bond acceptors (Lipinski definition) is 1. The number of nitrogens with zero attached hydrogens (tertiary/aromatic N) is 1. The molecule has 2 nitrogen and oxygen atoms in total. The van der Waals surface area contributed by atoms with Gasteiger partial charge in [0.1, 0.15) is 0 Å². The highest BCUT2D eigenvalue weighted by atomic mass is 32.1. The van der Waals surface area contributed by atoms with Crippen LogP contribution in [-0.4, -0.2) is 16.6 Å². The number of rotatable bonds is 2. The Bertz CT molecular complexity index is 359. The SMILES string of the molecule is S=C(NCc1ccccc1)N1C=CCC1. The van der Waals surface area contributed by atoms with Gasteiger partial charge in [-0.05, 0) is 24.2 Å². The molecule has 0 fully saturated rings. The number of thiocarbonyl (C=S) groups is 1. The van der Waals surface area contributed by atoms with Crippen LogP contribution < -0.4 is 5.32 Å². The molecule has 1 heterocycles. The van der Waals surface area contributed by atoms with Gasteiger partial charge in [0.2, 0.25) is 0 Å². The fraction of sp³-hybridized carbons (Fsp3) is 0.250. The van der Waals surface area contributed by atoms with Crippen molar-refractivity contribution in [3.8, 4) is 0 Å². The van der Waals surface area contributed by atoms with Crippen molar-refractivity contribution < 1.29 is 0 Å². The third-order valence-electron chi connectivity index (χ3n) is 2.37. The minimum absolute atomic E-state index is 0.796. The van der Waals surface area contributed by atoms with E-state index in [0.29, 0.717) is 0 Å². The first kappa shape index (κ1) is 10.2. The molecular formula is C12H14N2S. The topological polar surface area (TPSA) is 15.3 Å². The van der Waals surface area contributed by atoms with E-state index in [4.69, 9.17) is 12.2 Å². The maximum absolute atomic E-state index is 5.28. The zero-order valence-electron chi connectivity index (χ0n) is 8.52. The molecule has 0 saturated carbocycles. The van der Waals surface area contributed by atoms with E-state index in [0.717, 1.165) is 24.6 Å². The standard InChI is InChI=1S/C12H14N2S/c15-12(14-8-4-5-9-14)13-10-11-6-2-1-3-7-11/h1-4,6-8H,5,9-10H2,(H,13,15). The second-order valence-electron chi connectivity index (χ2n) is 3.51. The Balaban J connectivity index is 1.83. The molecule has 2 rings (SSSR count). The fourth-order valence-electron chi connectivity index (χ4n) is 1.53. The van der Waals surface area contributed by atoms with Crippen LogP contribution in [0.1, 0.15) is 12.0 Å². The molecule has 1 aromatic rings. The van der Waals surface area contributed by atoms with Gasteiger partial charge in [-0.1, -0.05) is 36.4 Å². The van der Waals surface area contributed by atoms with Crippen molar-refractivity contribution in [3.63, 3.8) is 0 Å². The van der Waals surface area contributed by atoms with Crippen molar-refractivity contribution in [1.82, 2.24) is 10.2 Å². The van der Waals surface area contributed by atoms with Gasteiger partial charge >= 0.3 is 0 Å². The zero-order valence-corrected chi connectivity index (χ0v) is 9.33. The number of benzene rings is 1. The highest BCUT2D eigenvalue weighted by Gasteiger charge is 2.08. The second-order valence-corrected chi connectivity index (χ2v) is 3.90. The van der Waals surface area contributed by atoms with Gasteiger partial charge in [-0.15, -0.1) is 0 Å². The van der Waals surface area contributed by atoms with E-state index >= 15 is 0 Å². The van der Waals surface area contributed by atoms with Gasteiger partial charge < -0.3 is 10.2 Å². The lowest BCUT2D eigenvalue weighted by atomic mass is 10.2. The molecule has 0 amide bonds. The highest BCUT2D eigenvalue weighted by Crippen LogP contribution is 2.05. The fourth-order valence-corrected chi connectivity index (χ4v) is 1.76. The molecule has 1 aliphatic heterocycles. The Hall–Kier alpha value is -1.35. The number of nitrogens with one attached hydrogen (secondary N) is 1. The summed E-state index contributed by atoms with van der Waals surface area (Å²) in [7, 11) is 0. The third kappa shape index (κ3) is 2.80. The second kappa shape index (κ2) is 4.94. The van der Waals surface area contributed by atoms with Crippen molar-refractivity contribution >= 4 is 17.3 Å². The first-order chi connectivity index (χ1) is 7.36. The Morgan fingerprint density at radius 3 is 2.80 bits per heavy atom. The Labute approximate surface area is 95.6 Å². The van der Waals surface area contributed by atoms with Crippen molar-refractivity contribution in [1.29, 1.82) is 0 Å². The average Bonchev–Trinajstić information content (AvgIpc) is 2.81. The molecule has 0 bridgehead atoms. The molecule has 0 saturated heterocycles. The van der Waals surface area contributed by atoms with Gasteiger partial charge in [-0.2, -0.15) is 0 Å². The highest BCUT2D eigenvalue weighted by molar-refractivity contribution is 7.80. The van der Waals surface area contributed by atoms with E-state index in [1.54, 1.807) is 0 Å². The average molecular weight is 218 g/mol. The van der Waals surface area contributed by atoms with Crippen LogP contribution in [0, 0.1) is 0 Å². The summed E-state index contributed by atoms with van der Waals surface area (Å²) in [5.41, 5.74) is 1.25. The third-order valence-corrected chi connectivity index (χ3v) is 2.75. The summed E-state index contributed by atoms with van der Waals surface area (Å²) in [6, 6.07) is 10.3. The lowest BCUT2D eigenvalue weighted by Crippen LogP contribution is -2.34. The van der Waals surface area contributed by atoms with Crippen LogP contribution in [0.3, 0.4) is 0 Å². The van der Waals surface area contributed by atoms with Crippen LogP contribution in [0.2, 0.25) is 0 Å². The van der Waals surface area contributed by atoms with Crippen LogP contribution in [0.5, 0.6) is 0 Å². The molecule has 0 radical (unpaired) electrons. The molecule has 1 aromatic carbocycles. The molecule has 0 atom stereocenters. The summed E-state index contributed by atoms with van der Waals surface area (Å²) in [5, 5.41) is 4.06. The summed E-state index contributed by atoms with van der Waals surface area (Å²) in [6.07, 6.45) is 5.27. The quantitative estimate of drug-likeness (QED) is 0.767. The first-order valence-corrected chi connectivity index (χ1v) is 5.52. The Kier molecular flexibility index (Phi) is 3.35. The van der Waals surface area contributed by atoms with Gasteiger partial charge in [0.05, 0.1) is 0 Å². The molecule has 0 aliphatic carbocycles. The lowest BCUT2D eigenvalue weighted by Gasteiger charge is -2.17. The molecule has 78 valence electrons. The van der Waals surface area contributed by atoms with Crippen molar-refractivity contribution in [2.24, 2.45) is 0 Å². The summed E-state index contributed by atoms with van der Waals surface area (Å²) < 4.78 is 0. The maximum atomic E-state index is 5.28. The van der Waals surface area contributed by atoms with E-state index in [1.165, 1.54) is 5.56 Å². The van der Waals surface area contributed by atoms with Gasteiger partial charge in [0.25, 0.3) is 0 Å². The normalized spacial score (nSPS) is 14.3. The van der Waals surface area contributed by atoms with Crippen molar-refractivity contribution in [2.75, 3.05) is 6.54 Å². The molecular weight excluding hydrogens is 204 g/mol. The van der Waals surface area contributed by atoms with Crippen LogP contribution in [-0.2, 0) is 6.54 Å². The van der Waals surface area contributed by atoms with E-state index in [2.05, 4.69) is 28.4 Å². The maximum Gasteiger partial charge on any atom is 0.173 e. The molecule has 3 heteroatoms. The summed E-state index contributed by atoms with van der Waals surface area (Å²) in [6.45, 7) is 1.80. The predicted molar refractivity (Wildman–Crippen MR) is 66.3 cm³/mol. The minimum atomic E-state index is 0.796. The Morgan fingerprint density at radius 2 is 2.13 bits per heavy atom. The molecule has 1 N–H and O–H groups in total. The van der Waals surface area contributed by atoms with E-state index < -0.39 is 0 Å². The lowest BCUT2D eigenvalue weighted by molar-refractivity contribution is 0.583. The molecule has 0 spiro atoms. The van der Waals surface area contributed by atoms with E-state index in [9.17, 15) is 0 Å². The summed E-state index contributed by atoms with van der Waals surface area (Å²) in [5.74, 6) is 0. The van der Waals surface area contributed by atoms with Gasteiger partial charge in [-0.3, -0.25) is 0 Å². The van der Waals surface area contributed by atoms with Crippen molar-refractivity contribution in [3.05, 3.63) is 48.2 Å². The molecule has 0 unspecified atom stereocenters. The molecule has 0 aromatic heterocycles. The Morgan fingerprint density at radius 1 is 1.33 bits per heavy atom. The van der Waals surface area contributed by atoms with Crippen LogP contribution in [0.4, 0.5) is 0 Å².